The van der Waals surface area contributed by atoms with Crippen LogP contribution in [0.2, 0.25) is 0 Å². The molecule has 4 N–H and O–H groups in total. The minimum atomic E-state index is -1.46. The quantitative estimate of drug-likeness (QED) is 0.357. The summed E-state index contributed by atoms with van der Waals surface area (Å²) in [6, 6.07) is -1.46. The van der Waals surface area contributed by atoms with Crippen LogP contribution in [0.5, 0.6) is 0 Å². The monoisotopic (exact) mass is 287 g/mol. The molecular weight excluding hydrogens is 273 g/mol. The van der Waals surface area contributed by atoms with Gasteiger partial charge in [-0.05, 0) is 6.42 Å². The third kappa shape index (κ3) is 9.42. The van der Waals surface area contributed by atoms with Crippen molar-refractivity contribution >= 4 is 53.4 Å². The molecule has 19 heavy (non-hydrogen) atoms. The second kappa shape index (κ2) is 9.73. The first kappa shape index (κ1) is 20.2. The van der Waals surface area contributed by atoms with Crippen LogP contribution < -0.4 is 0 Å². The van der Waals surface area contributed by atoms with Crippen molar-refractivity contribution in [2.75, 3.05) is 13.1 Å². The van der Waals surface area contributed by atoms with E-state index in [1.807, 2.05) is 0 Å². The van der Waals surface area contributed by atoms with Crippen LogP contribution >= 0.6 is 0 Å². The van der Waals surface area contributed by atoms with Crippen LogP contribution in [-0.4, -0.2) is 97.9 Å². The number of hydrogen-bond acceptors (Lipinski definition) is 5. The summed E-state index contributed by atoms with van der Waals surface area (Å²) in [5.41, 5.74) is 0. The Morgan fingerprint density at radius 3 is 1.53 bits per heavy atom. The minimum absolute atomic E-state index is 0. The molecule has 0 saturated carbocycles. The molecule has 0 rings (SSSR count). The van der Waals surface area contributed by atoms with Gasteiger partial charge in [0, 0.05) is 6.42 Å². The van der Waals surface area contributed by atoms with Gasteiger partial charge < -0.3 is 20.4 Å². The van der Waals surface area contributed by atoms with Crippen LogP contribution in [0.15, 0.2) is 0 Å². The van der Waals surface area contributed by atoms with Gasteiger partial charge in [0.2, 0.25) is 0 Å². The first-order chi connectivity index (χ1) is 8.23. The fourth-order valence-electron chi connectivity index (χ4n) is 1.35. The molecule has 0 spiro atoms. The van der Waals surface area contributed by atoms with Gasteiger partial charge in [-0.3, -0.25) is 24.1 Å². The van der Waals surface area contributed by atoms with Crippen LogP contribution in [0.3, 0.4) is 0 Å². The molecule has 0 aromatic rings. The maximum atomic E-state index is 10.9. The second-order valence-electron chi connectivity index (χ2n) is 3.48. The molecule has 0 radical (unpaired) electrons. The SMILES string of the molecule is O=C(O)CC[C@@H](C(=O)O)N(CC(=O)O)CC(=O)O.[NaH]. The molecule has 104 valence electrons. The van der Waals surface area contributed by atoms with Crippen molar-refractivity contribution in [2.24, 2.45) is 0 Å². The number of hydrogen-bond donors (Lipinski definition) is 4. The zero-order valence-electron chi connectivity index (χ0n) is 9.27. The number of nitrogens with zero attached hydrogens (tertiary/aromatic N) is 1. The van der Waals surface area contributed by atoms with E-state index in [0.29, 0.717) is 4.90 Å². The standard InChI is InChI=1S/C9H13NO8.Na.H/c11-6(12)2-1-5(9(17)18)10(3-7(13)14)4-8(15)16;;/h5H,1-4H2,(H,11,12)(H,13,14)(H,15,16)(H,17,18);;/t5-;;/m0../s1. The van der Waals surface area contributed by atoms with Gasteiger partial charge in [0.05, 0.1) is 13.1 Å². The summed E-state index contributed by atoms with van der Waals surface area (Å²) in [6.45, 7) is -1.58. The topological polar surface area (TPSA) is 152 Å². The molecule has 0 amide bonds. The fourth-order valence-corrected chi connectivity index (χ4v) is 1.35. The van der Waals surface area contributed by atoms with E-state index in [9.17, 15) is 19.2 Å². The zero-order valence-corrected chi connectivity index (χ0v) is 9.27. The van der Waals surface area contributed by atoms with Crippen LogP contribution in [-0.2, 0) is 19.2 Å². The van der Waals surface area contributed by atoms with E-state index in [1.165, 1.54) is 0 Å². The summed E-state index contributed by atoms with van der Waals surface area (Å²) in [4.78, 5) is 43.0. The Labute approximate surface area is 130 Å². The molecular formula is C9H14NNaO8. The molecule has 10 heteroatoms. The molecule has 0 aliphatic heterocycles. The van der Waals surface area contributed by atoms with Gasteiger partial charge in [-0.15, -0.1) is 0 Å². The Morgan fingerprint density at radius 2 is 1.26 bits per heavy atom. The van der Waals surface area contributed by atoms with Crippen molar-refractivity contribution in [3.63, 3.8) is 0 Å². The Hall–Kier alpha value is -1.16. The number of aliphatic carboxylic acids is 4. The fraction of sp³-hybridized carbons (Fsp3) is 0.556. The Morgan fingerprint density at radius 1 is 0.842 bits per heavy atom. The molecule has 0 aromatic heterocycles. The molecule has 9 nitrogen and oxygen atoms in total. The van der Waals surface area contributed by atoms with Crippen molar-refractivity contribution in [3.8, 4) is 0 Å². The Bertz CT molecular complexity index is 342. The van der Waals surface area contributed by atoms with Crippen molar-refractivity contribution in [1.82, 2.24) is 4.90 Å². The molecule has 0 heterocycles. The third-order valence-corrected chi connectivity index (χ3v) is 2.03. The molecule has 0 bridgehead atoms. The average Bonchev–Trinajstić information content (AvgIpc) is 2.14. The maximum absolute atomic E-state index is 10.9. The predicted octanol–water partition coefficient (Wildman–Crippen LogP) is -1.87. The van der Waals surface area contributed by atoms with Crippen molar-refractivity contribution in [3.05, 3.63) is 0 Å². The average molecular weight is 287 g/mol. The van der Waals surface area contributed by atoms with Gasteiger partial charge in [0.25, 0.3) is 0 Å². The number of rotatable bonds is 9. The Balaban J connectivity index is 0. The summed E-state index contributed by atoms with van der Waals surface area (Å²) in [5.74, 6) is -5.48. The summed E-state index contributed by atoms with van der Waals surface area (Å²) in [5, 5.41) is 34.4. The van der Waals surface area contributed by atoms with Gasteiger partial charge in [0.15, 0.2) is 0 Å². The first-order valence-corrected chi connectivity index (χ1v) is 4.86. The number of carboxylic acid groups (broad SMARTS) is 4. The zero-order chi connectivity index (χ0) is 14.3. The predicted molar refractivity (Wildman–Crippen MR) is 62.3 cm³/mol. The molecule has 0 unspecified atom stereocenters. The number of carbonyl (C=O) groups is 4. The normalized spacial score (nSPS) is 11.4. The molecule has 0 aliphatic rings. The first-order valence-electron chi connectivity index (χ1n) is 4.86. The third-order valence-electron chi connectivity index (χ3n) is 2.03. The van der Waals surface area contributed by atoms with Gasteiger partial charge in [0.1, 0.15) is 6.04 Å². The summed E-state index contributed by atoms with van der Waals surface area (Å²) in [7, 11) is 0. The van der Waals surface area contributed by atoms with Gasteiger partial charge in [-0.25, -0.2) is 0 Å². The molecule has 0 aliphatic carbocycles. The van der Waals surface area contributed by atoms with E-state index in [0.717, 1.165) is 0 Å². The van der Waals surface area contributed by atoms with Crippen LogP contribution in [0.4, 0.5) is 0 Å². The molecule has 0 aromatic carbocycles. The summed E-state index contributed by atoms with van der Waals surface area (Å²) >= 11 is 0. The van der Waals surface area contributed by atoms with Crippen LogP contribution in [0, 0.1) is 0 Å². The summed E-state index contributed by atoms with van der Waals surface area (Å²) in [6.07, 6.45) is -0.863. The van der Waals surface area contributed by atoms with Crippen LogP contribution in [0.1, 0.15) is 12.8 Å². The second-order valence-corrected chi connectivity index (χ2v) is 3.48. The molecule has 1 atom stereocenters. The number of carboxylic acids is 4. The van der Waals surface area contributed by atoms with Gasteiger partial charge in [-0.2, -0.15) is 0 Å². The van der Waals surface area contributed by atoms with E-state index >= 15 is 0 Å². The van der Waals surface area contributed by atoms with Crippen molar-refractivity contribution in [2.45, 2.75) is 18.9 Å². The summed E-state index contributed by atoms with van der Waals surface area (Å²) < 4.78 is 0. The molecule has 0 saturated heterocycles. The van der Waals surface area contributed by atoms with E-state index in [2.05, 4.69) is 0 Å². The van der Waals surface area contributed by atoms with Crippen molar-refractivity contribution < 1.29 is 39.6 Å². The van der Waals surface area contributed by atoms with Gasteiger partial charge >= 0.3 is 53.4 Å². The van der Waals surface area contributed by atoms with E-state index in [1.54, 1.807) is 0 Å². The van der Waals surface area contributed by atoms with E-state index < -0.39 is 49.4 Å². The Kier molecular flexibility index (Phi) is 10.3. The van der Waals surface area contributed by atoms with Gasteiger partial charge in [-0.1, -0.05) is 0 Å². The van der Waals surface area contributed by atoms with Crippen LogP contribution in [0.25, 0.3) is 0 Å². The van der Waals surface area contributed by atoms with E-state index in [4.69, 9.17) is 20.4 Å². The van der Waals surface area contributed by atoms with E-state index in [-0.39, 0.29) is 36.0 Å². The van der Waals surface area contributed by atoms with Crippen molar-refractivity contribution in [1.29, 1.82) is 0 Å². The molecule has 0 fully saturated rings.